The van der Waals surface area contributed by atoms with Gasteiger partial charge in [0.2, 0.25) is 5.82 Å². The van der Waals surface area contributed by atoms with Crippen molar-refractivity contribution in [3.63, 3.8) is 0 Å². The van der Waals surface area contributed by atoms with E-state index in [0.29, 0.717) is 11.5 Å². The summed E-state index contributed by atoms with van der Waals surface area (Å²) in [5, 5.41) is 11.5. The molecule has 2 unspecified atom stereocenters. The van der Waals surface area contributed by atoms with E-state index >= 15 is 0 Å². The van der Waals surface area contributed by atoms with Gasteiger partial charge in [-0.2, -0.15) is 4.52 Å². The van der Waals surface area contributed by atoms with Gasteiger partial charge in [-0.15, -0.1) is 15.3 Å². The van der Waals surface area contributed by atoms with E-state index in [0.717, 1.165) is 10.9 Å². The highest BCUT2D eigenvalue weighted by Gasteiger charge is 2.59. The molecule has 0 N–H and O–H groups in total. The van der Waals surface area contributed by atoms with Crippen LogP contribution in [0.2, 0.25) is 0 Å². The Bertz CT molecular complexity index is 732. The number of aromatic nitrogens is 4. The number of hydrogen-bond donors (Lipinski definition) is 0. The molecule has 6 nitrogen and oxygen atoms in total. The summed E-state index contributed by atoms with van der Waals surface area (Å²) in [5.74, 6) is 0.167. The van der Waals surface area contributed by atoms with Crippen molar-refractivity contribution in [2.45, 2.75) is 45.3 Å². The molecule has 23 heavy (non-hydrogen) atoms. The molecule has 1 aliphatic rings. The van der Waals surface area contributed by atoms with Crippen molar-refractivity contribution in [1.82, 2.24) is 19.8 Å². The van der Waals surface area contributed by atoms with Crippen LogP contribution in [0.4, 0.5) is 14.6 Å². The Hall–Kier alpha value is -1.83. The minimum absolute atomic E-state index is 0.0914. The van der Waals surface area contributed by atoms with Crippen molar-refractivity contribution < 1.29 is 13.5 Å². The van der Waals surface area contributed by atoms with Crippen molar-refractivity contribution in [1.29, 1.82) is 0 Å². The Balaban J connectivity index is 1.93. The van der Waals surface area contributed by atoms with E-state index in [9.17, 15) is 8.78 Å². The van der Waals surface area contributed by atoms with E-state index in [1.54, 1.807) is 19.2 Å². The maximum Gasteiger partial charge on any atom is 0.299 e. The molecule has 2 aromatic heterocycles. The number of hydrogen-bond acceptors (Lipinski definition) is 5. The maximum absolute atomic E-state index is 13.0. The number of alkyl halides is 2. The van der Waals surface area contributed by atoms with Gasteiger partial charge in [-0.3, -0.25) is 0 Å². The number of nitrogens with zero attached hydrogens (tertiary/aromatic N) is 5. The summed E-state index contributed by atoms with van der Waals surface area (Å²) in [6, 6.07) is 3.63. The van der Waals surface area contributed by atoms with E-state index in [4.69, 9.17) is 4.74 Å². The Morgan fingerprint density at radius 3 is 2.57 bits per heavy atom. The predicted molar refractivity (Wildman–Crippen MR) is 81.7 cm³/mol. The third-order valence-electron chi connectivity index (χ3n) is 5.53. The molecule has 0 aliphatic heterocycles. The first-order valence-corrected chi connectivity index (χ1v) is 7.50. The quantitative estimate of drug-likeness (QED) is 0.865. The Kier molecular flexibility index (Phi) is 3.55. The molecule has 0 amide bonds. The maximum atomic E-state index is 13.0. The van der Waals surface area contributed by atoms with Crippen LogP contribution in [-0.2, 0) is 4.74 Å². The normalized spacial score (nSPS) is 26.5. The molecule has 0 spiro atoms. The average molecular weight is 325 g/mol. The Labute approximate surface area is 133 Å². The Morgan fingerprint density at radius 2 is 2.00 bits per heavy atom. The van der Waals surface area contributed by atoms with Gasteiger partial charge in [0, 0.05) is 25.6 Å². The lowest BCUT2D eigenvalue weighted by atomic mass is 9.55. The monoisotopic (exact) mass is 325 g/mol. The van der Waals surface area contributed by atoms with Gasteiger partial charge in [-0.05, 0) is 25.5 Å². The zero-order valence-corrected chi connectivity index (χ0v) is 13.9. The van der Waals surface area contributed by atoms with Gasteiger partial charge in [0.15, 0.2) is 5.65 Å². The highest BCUT2D eigenvalue weighted by molar-refractivity contribution is 5.47. The van der Waals surface area contributed by atoms with Crippen LogP contribution in [0.25, 0.3) is 5.65 Å². The van der Waals surface area contributed by atoms with Crippen LogP contribution in [0.15, 0.2) is 12.1 Å². The van der Waals surface area contributed by atoms with E-state index in [1.807, 2.05) is 11.9 Å². The molecule has 2 aromatic rings. The molecule has 8 heteroatoms. The molecule has 0 saturated heterocycles. The molecule has 2 atom stereocenters. The van der Waals surface area contributed by atoms with Gasteiger partial charge in [0.1, 0.15) is 5.82 Å². The standard InChI is InChI=1S/C15H21F2N5O/c1-14(2)9(8-15(14,3)23-5)21(4)11-7-6-10-18-19-13(12(16)17)22(10)20-11/h6-7,9,12H,8H2,1-5H3. The van der Waals surface area contributed by atoms with Crippen LogP contribution in [0.3, 0.4) is 0 Å². The van der Waals surface area contributed by atoms with Crippen molar-refractivity contribution in [3.05, 3.63) is 18.0 Å². The average Bonchev–Trinajstić information content (AvgIpc) is 2.94. The minimum Gasteiger partial charge on any atom is -0.378 e. The summed E-state index contributed by atoms with van der Waals surface area (Å²) in [6.45, 7) is 6.37. The smallest absolute Gasteiger partial charge is 0.299 e. The molecule has 0 aromatic carbocycles. The van der Waals surface area contributed by atoms with Crippen molar-refractivity contribution in [2.24, 2.45) is 5.41 Å². The molecule has 1 fully saturated rings. The lowest BCUT2D eigenvalue weighted by Gasteiger charge is -2.61. The lowest BCUT2D eigenvalue weighted by molar-refractivity contribution is -0.172. The second-order valence-corrected chi connectivity index (χ2v) is 6.81. The van der Waals surface area contributed by atoms with Crippen molar-refractivity contribution in [2.75, 3.05) is 19.1 Å². The fraction of sp³-hybridized carbons (Fsp3) is 0.667. The number of ether oxygens (including phenoxy) is 1. The first-order valence-electron chi connectivity index (χ1n) is 7.50. The van der Waals surface area contributed by atoms with E-state index in [1.165, 1.54) is 0 Å². The van der Waals surface area contributed by atoms with Gasteiger partial charge in [-0.25, -0.2) is 8.78 Å². The SMILES string of the molecule is COC1(C)CC(N(C)c2ccc3nnc(C(F)F)n3n2)C1(C)C. The molecular formula is C15H21F2N5O. The largest absolute Gasteiger partial charge is 0.378 e. The van der Waals surface area contributed by atoms with E-state index in [2.05, 4.69) is 36.1 Å². The molecule has 1 saturated carbocycles. The second-order valence-electron chi connectivity index (χ2n) is 6.81. The Morgan fingerprint density at radius 1 is 1.30 bits per heavy atom. The zero-order valence-electron chi connectivity index (χ0n) is 13.9. The fourth-order valence-corrected chi connectivity index (χ4v) is 3.36. The molecule has 126 valence electrons. The van der Waals surface area contributed by atoms with Crippen LogP contribution in [-0.4, -0.2) is 45.6 Å². The van der Waals surface area contributed by atoms with Gasteiger partial charge in [0.05, 0.1) is 5.60 Å². The highest BCUT2D eigenvalue weighted by atomic mass is 19.3. The summed E-state index contributed by atoms with van der Waals surface area (Å²) in [6.07, 6.45) is -1.87. The molecule has 0 bridgehead atoms. The van der Waals surface area contributed by atoms with Crippen LogP contribution in [0.1, 0.15) is 39.4 Å². The number of methoxy groups -OCH3 is 1. The summed E-state index contributed by atoms with van der Waals surface area (Å²) in [5.41, 5.74) is 0.0131. The van der Waals surface area contributed by atoms with Crippen LogP contribution < -0.4 is 4.90 Å². The zero-order chi connectivity index (χ0) is 17.0. The topological polar surface area (TPSA) is 55.5 Å². The first-order chi connectivity index (χ1) is 10.7. The van der Waals surface area contributed by atoms with Gasteiger partial charge < -0.3 is 9.64 Å². The molecular weight excluding hydrogens is 304 g/mol. The lowest BCUT2D eigenvalue weighted by Crippen LogP contribution is -2.68. The van der Waals surface area contributed by atoms with Gasteiger partial charge >= 0.3 is 0 Å². The second kappa shape index (κ2) is 5.09. The molecule has 0 radical (unpaired) electrons. The molecule has 2 heterocycles. The number of rotatable bonds is 4. The summed E-state index contributed by atoms with van der Waals surface area (Å²) >= 11 is 0. The summed E-state index contributed by atoms with van der Waals surface area (Å²) in [4.78, 5) is 2.01. The number of fused-ring (bicyclic) bond motifs is 1. The number of anilines is 1. The third-order valence-corrected chi connectivity index (χ3v) is 5.53. The van der Waals surface area contributed by atoms with Crippen LogP contribution in [0.5, 0.6) is 0 Å². The predicted octanol–water partition coefficient (Wildman–Crippen LogP) is 2.70. The highest BCUT2D eigenvalue weighted by Crippen LogP contribution is 2.53. The molecule has 1 aliphatic carbocycles. The van der Waals surface area contributed by atoms with Crippen LogP contribution >= 0.6 is 0 Å². The summed E-state index contributed by atoms with van der Waals surface area (Å²) < 4.78 is 32.7. The summed E-state index contributed by atoms with van der Waals surface area (Å²) in [7, 11) is 3.64. The van der Waals surface area contributed by atoms with Gasteiger partial charge in [-0.1, -0.05) is 13.8 Å². The van der Waals surface area contributed by atoms with Crippen molar-refractivity contribution >= 4 is 11.5 Å². The number of halogens is 2. The first kappa shape index (κ1) is 16.0. The molecule has 3 rings (SSSR count). The van der Waals surface area contributed by atoms with E-state index < -0.39 is 12.2 Å². The van der Waals surface area contributed by atoms with E-state index in [-0.39, 0.29) is 17.1 Å². The minimum atomic E-state index is -2.71. The fourth-order valence-electron chi connectivity index (χ4n) is 3.36. The van der Waals surface area contributed by atoms with Crippen LogP contribution in [0, 0.1) is 5.41 Å². The third kappa shape index (κ3) is 2.19. The van der Waals surface area contributed by atoms with Gasteiger partial charge in [0.25, 0.3) is 6.43 Å². The van der Waals surface area contributed by atoms with Crippen molar-refractivity contribution in [3.8, 4) is 0 Å².